The van der Waals surface area contributed by atoms with Crippen LogP contribution in [0.25, 0.3) is 0 Å². The number of hydrogen-bond donors (Lipinski definition) is 2. The van der Waals surface area contributed by atoms with Crippen molar-refractivity contribution < 1.29 is 0 Å². The molecule has 1 aromatic rings. The van der Waals surface area contributed by atoms with Gasteiger partial charge in [0.15, 0.2) is 0 Å². The Morgan fingerprint density at radius 3 is 2.40 bits per heavy atom. The lowest BCUT2D eigenvalue weighted by Gasteiger charge is -2.04. The van der Waals surface area contributed by atoms with Gasteiger partial charge in [-0.05, 0) is 47.2 Å². The van der Waals surface area contributed by atoms with E-state index in [1.807, 2.05) is 19.1 Å². The van der Waals surface area contributed by atoms with E-state index >= 15 is 0 Å². The van der Waals surface area contributed by atoms with Crippen molar-refractivity contribution in [3.05, 3.63) is 21.3 Å². The minimum absolute atomic E-state index is 0.762. The second kappa shape index (κ2) is 2.65. The lowest BCUT2D eigenvalue weighted by Crippen LogP contribution is -1.97. The molecule has 0 radical (unpaired) electrons. The smallest absolute Gasteiger partial charge is 0.0500 e. The van der Waals surface area contributed by atoms with E-state index < -0.39 is 0 Å². The summed E-state index contributed by atoms with van der Waals surface area (Å²) in [5.41, 5.74) is 13.8. The van der Waals surface area contributed by atoms with Crippen molar-refractivity contribution in [3.8, 4) is 0 Å². The third-order valence-electron chi connectivity index (χ3n) is 1.50. The van der Waals surface area contributed by atoms with E-state index in [9.17, 15) is 0 Å². The lowest BCUT2D eigenvalue weighted by molar-refractivity contribution is 1.45. The van der Waals surface area contributed by atoms with Crippen molar-refractivity contribution in [2.45, 2.75) is 6.92 Å². The third-order valence-corrected chi connectivity index (χ3v) is 2.44. The van der Waals surface area contributed by atoms with Crippen molar-refractivity contribution >= 4 is 34.0 Å². The van der Waals surface area contributed by atoms with Gasteiger partial charge >= 0.3 is 0 Å². The number of benzene rings is 1. The van der Waals surface area contributed by atoms with Crippen LogP contribution >= 0.6 is 22.6 Å². The molecule has 0 atom stereocenters. The van der Waals surface area contributed by atoms with E-state index in [0.29, 0.717) is 0 Å². The number of hydrogen-bond acceptors (Lipinski definition) is 2. The molecule has 4 N–H and O–H groups in total. The Balaban J connectivity index is 3.34. The van der Waals surface area contributed by atoms with Gasteiger partial charge < -0.3 is 11.5 Å². The van der Waals surface area contributed by atoms with Gasteiger partial charge in [0, 0.05) is 14.9 Å². The van der Waals surface area contributed by atoms with Crippen LogP contribution in [0.2, 0.25) is 0 Å². The molecule has 2 nitrogen and oxygen atoms in total. The topological polar surface area (TPSA) is 52.0 Å². The molecule has 1 rings (SSSR count). The zero-order valence-corrected chi connectivity index (χ0v) is 7.84. The number of rotatable bonds is 0. The van der Waals surface area contributed by atoms with E-state index in [2.05, 4.69) is 22.6 Å². The Hall–Kier alpha value is -0.450. The molecule has 0 bridgehead atoms. The second-order valence-electron chi connectivity index (χ2n) is 2.18. The van der Waals surface area contributed by atoms with Gasteiger partial charge in [0.05, 0.1) is 0 Å². The van der Waals surface area contributed by atoms with Crippen molar-refractivity contribution in [2.75, 3.05) is 11.5 Å². The molecule has 0 spiro atoms. The van der Waals surface area contributed by atoms with Crippen LogP contribution in [0.15, 0.2) is 12.1 Å². The highest BCUT2D eigenvalue weighted by Gasteiger charge is 2.00. The molecule has 0 aliphatic heterocycles. The number of nitrogens with two attached hydrogens (primary N) is 2. The molecule has 3 heteroatoms. The molecule has 10 heavy (non-hydrogen) atoms. The Morgan fingerprint density at radius 1 is 1.30 bits per heavy atom. The third kappa shape index (κ3) is 1.18. The van der Waals surface area contributed by atoms with E-state index in [0.717, 1.165) is 20.5 Å². The minimum atomic E-state index is 0.762. The monoisotopic (exact) mass is 248 g/mol. The van der Waals surface area contributed by atoms with E-state index in [-0.39, 0.29) is 0 Å². The van der Waals surface area contributed by atoms with Gasteiger partial charge in [-0.25, -0.2) is 0 Å². The molecule has 0 unspecified atom stereocenters. The largest absolute Gasteiger partial charge is 0.398 e. The first-order valence-corrected chi connectivity index (χ1v) is 4.01. The zero-order valence-electron chi connectivity index (χ0n) is 5.69. The predicted octanol–water partition coefficient (Wildman–Crippen LogP) is 1.76. The summed E-state index contributed by atoms with van der Waals surface area (Å²) >= 11 is 2.19. The molecule has 54 valence electrons. The maximum Gasteiger partial charge on any atom is 0.0500 e. The molecule has 0 amide bonds. The molecule has 0 saturated carbocycles. The quantitative estimate of drug-likeness (QED) is 0.543. The summed E-state index contributed by atoms with van der Waals surface area (Å²) in [6.07, 6.45) is 0. The van der Waals surface area contributed by atoms with Crippen molar-refractivity contribution in [2.24, 2.45) is 0 Å². The minimum Gasteiger partial charge on any atom is -0.398 e. The highest BCUT2D eigenvalue weighted by Crippen LogP contribution is 2.23. The first-order chi connectivity index (χ1) is 4.63. The van der Waals surface area contributed by atoms with Crippen molar-refractivity contribution in [3.63, 3.8) is 0 Å². The van der Waals surface area contributed by atoms with Crippen molar-refractivity contribution in [1.29, 1.82) is 0 Å². The van der Waals surface area contributed by atoms with Gasteiger partial charge in [-0.2, -0.15) is 0 Å². The summed E-state index contributed by atoms with van der Waals surface area (Å²) in [6, 6.07) is 3.78. The number of nitrogen functional groups attached to an aromatic ring is 2. The summed E-state index contributed by atoms with van der Waals surface area (Å²) < 4.78 is 1.06. The highest BCUT2D eigenvalue weighted by atomic mass is 127. The van der Waals surface area contributed by atoms with Crippen LogP contribution in [0.5, 0.6) is 0 Å². The Bertz CT molecular complexity index is 231. The van der Waals surface area contributed by atoms with Gasteiger partial charge in [0.25, 0.3) is 0 Å². The van der Waals surface area contributed by atoms with Crippen LogP contribution in [0.1, 0.15) is 5.56 Å². The summed E-state index contributed by atoms with van der Waals surface area (Å²) in [5, 5.41) is 0. The molecule has 0 saturated heterocycles. The summed E-state index contributed by atoms with van der Waals surface area (Å²) in [6.45, 7) is 1.92. The summed E-state index contributed by atoms with van der Waals surface area (Å²) in [7, 11) is 0. The number of halogens is 1. The fourth-order valence-electron chi connectivity index (χ4n) is 0.712. The van der Waals surface area contributed by atoms with E-state index in [1.165, 1.54) is 0 Å². The zero-order chi connectivity index (χ0) is 7.72. The standard InChI is InChI=1S/C7H9IN2/c1-4-6(9)3-2-5(8)7(4)10/h2-3H,9-10H2,1H3. The van der Waals surface area contributed by atoms with E-state index in [1.54, 1.807) is 0 Å². The van der Waals surface area contributed by atoms with Crippen LogP contribution in [0.3, 0.4) is 0 Å². The molecular weight excluding hydrogens is 239 g/mol. The highest BCUT2D eigenvalue weighted by molar-refractivity contribution is 14.1. The SMILES string of the molecule is Cc1c(N)ccc(I)c1N. The maximum atomic E-state index is 5.70. The first kappa shape index (κ1) is 7.65. The number of anilines is 2. The predicted molar refractivity (Wildman–Crippen MR) is 52.7 cm³/mol. The lowest BCUT2D eigenvalue weighted by atomic mass is 10.2. The molecule has 1 aromatic carbocycles. The van der Waals surface area contributed by atoms with Crippen LogP contribution in [0, 0.1) is 10.5 Å². The Kier molecular flexibility index (Phi) is 2.03. The molecule has 0 heterocycles. The fourth-order valence-corrected chi connectivity index (χ4v) is 1.30. The second-order valence-corrected chi connectivity index (χ2v) is 3.34. The van der Waals surface area contributed by atoms with Gasteiger partial charge in [-0.15, -0.1) is 0 Å². The molecule has 0 aliphatic carbocycles. The van der Waals surface area contributed by atoms with E-state index in [4.69, 9.17) is 11.5 Å². The normalized spacial score (nSPS) is 9.80. The van der Waals surface area contributed by atoms with Gasteiger partial charge in [0.1, 0.15) is 0 Å². The molecule has 0 aliphatic rings. The first-order valence-electron chi connectivity index (χ1n) is 2.93. The molecule has 0 fully saturated rings. The van der Waals surface area contributed by atoms with Crippen LogP contribution < -0.4 is 11.5 Å². The van der Waals surface area contributed by atoms with Gasteiger partial charge in [-0.1, -0.05) is 0 Å². The van der Waals surface area contributed by atoms with Gasteiger partial charge in [0.2, 0.25) is 0 Å². The molecular formula is C7H9IN2. The Labute approximate surface area is 73.7 Å². The van der Waals surface area contributed by atoms with Gasteiger partial charge in [-0.3, -0.25) is 0 Å². The molecule has 0 aromatic heterocycles. The summed E-state index contributed by atoms with van der Waals surface area (Å²) in [5.74, 6) is 0. The summed E-state index contributed by atoms with van der Waals surface area (Å²) in [4.78, 5) is 0. The van der Waals surface area contributed by atoms with Crippen LogP contribution in [-0.4, -0.2) is 0 Å². The van der Waals surface area contributed by atoms with Crippen molar-refractivity contribution in [1.82, 2.24) is 0 Å². The Morgan fingerprint density at radius 2 is 1.90 bits per heavy atom. The average Bonchev–Trinajstić information content (AvgIpc) is 1.93. The average molecular weight is 248 g/mol. The van der Waals surface area contributed by atoms with Crippen LogP contribution in [0.4, 0.5) is 11.4 Å². The van der Waals surface area contributed by atoms with Crippen LogP contribution in [-0.2, 0) is 0 Å². The fraction of sp³-hybridized carbons (Fsp3) is 0.143. The maximum absolute atomic E-state index is 5.70.